The third-order valence-corrected chi connectivity index (χ3v) is 27.9. The maximum absolute atomic E-state index is 18.3. The molecular weight excluding hydrogens is 1220 g/mol. The van der Waals surface area contributed by atoms with Gasteiger partial charge in [0.05, 0.1) is 29.1 Å². The van der Waals surface area contributed by atoms with Gasteiger partial charge >= 0.3 is 18.1 Å². The second-order valence-electron chi connectivity index (χ2n) is 29.9. The van der Waals surface area contributed by atoms with Crippen LogP contribution in [0.5, 0.6) is 11.8 Å². The Bertz CT molecular complexity index is 3760. The highest BCUT2D eigenvalue weighted by Crippen LogP contribution is 2.49. The highest BCUT2D eigenvalue weighted by Gasteiger charge is 2.54. The van der Waals surface area contributed by atoms with E-state index in [1.54, 1.807) is 35.4 Å². The van der Waals surface area contributed by atoms with E-state index in [4.69, 9.17) is 33.9 Å². The maximum atomic E-state index is 18.3. The summed E-state index contributed by atoms with van der Waals surface area (Å²) in [5, 5.41) is 3.75. The number of nitrogens with one attached hydrogen (secondary N) is 1. The summed E-state index contributed by atoms with van der Waals surface area (Å²) in [6.07, 6.45) is 11.3. The molecule has 3 aromatic carbocycles. The molecule has 7 heterocycles. The van der Waals surface area contributed by atoms with E-state index in [1.807, 2.05) is 55.7 Å². The number of ether oxygens (including phenoxy) is 4. The first-order valence-electron chi connectivity index (χ1n) is 34.5. The van der Waals surface area contributed by atoms with Gasteiger partial charge in [0.2, 0.25) is 5.91 Å². The van der Waals surface area contributed by atoms with E-state index in [9.17, 15) is 19.2 Å². The first-order chi connectivity index (χ1) is 45.2. The van der Waals surface area contributed by atoms with Crippen LogP contribution in [-0.4, -0.2) is 176 Å². The van der Waals surface area contributed by atoms with Crippen LogP contribution >= 0.6 is 0 Å². The molecule has 5 aliphatic heterocycles. The van der Waals surface area contributed by atoms with Crippen LogP contribution in [0, 0.1) is 47.3 Å². The van der Waals surface area contributed by atoms with Gasteiger partial charge in [-0.1, -0.05) is 72.6 Å². The SMILES string of the molecule is C=CC12CCC(CN(c3nc(OC[C@H](C)CN4CCN(CC5CCC6(CC5)CCN(C(=O)c5ccc(C)c(N7CCC(=O)NC7=O)c5)CC6)CC4)nc4c(F)c(-c5cc(OCOC)cc6ccc(F)c(C#C[Si](C(C)C)(C(C)C)C(C)C)c56)ncc34)C1)N2C(=O)OC(C)(C)C. The highest BCUT2D eigenvalue weighted by atomic mass is 28.3. The number of nitrogens with zero attached hydrogens (tertiary/aromatic N) is 9. The maximum Gasteiger partial charge on any atom is 0.411 e. The van der Waals surface area contributed by atoms with Gasteiger partial charge in [-0.2, -0.15) is 9.97 Å². The number of methoxy groups -OCH3 is 1. The molecule has 1 spiro atoms. The Kier molecular flexibility index (Phi) is 20.4. The fourth-order valence-electron chi connectivity index (χ4n) is 16.5. The molecule has 11 rings (SSSR count). The highest BCUT2D eigenvalue weighted by molar-refractivity contribution is 6.90. The van der Waals surface area contributed by atoms with E-state index in [0.29, 0.717) is 70.8 Å². The molecule has 1 aliphatic carbocycles. The Morgan fingerprint density at radius 2 is 1.57 bits per heavy atom. The van der Waals surface area contributed by atoms with Crippen LogP contribution < -0.4 is 24.6 Å². The van der Waals surface area contributed by atoms with Crippen LogP contribution in [0.4, 0.5) is 29.9 Å². The summed E-state index contributed by atoms with van der Waals surface area (Å²) >= 11 is 0. The van der Waals surface area contributed by atoms with Crippen molar-refractivity contribution in [2.45, 2.75) is 168 Å². The van der Waals surface area contributed by atoms with Crippen molar-refractivity contribution in [3.63, 3.8) is 0 Å². The predicted octanol–water partition coefficient (Wildman–Crippen LogP) is 13.3. The molecule has 95 heavy (non-hydrogen) atoms. The fourth-order valence-corrected chi connectivity index (χ4v) is 21.7. The minimum absolute atomic E-state index is 0.00276. The predicted molar refractivity (Wildman–Crippen MR) is 371 cm³/mol. The van der Waals surface area contributed by atoms with Gasteiger partial charge in [0.1, 0.15) is 42.3 Å². The Morgan fingerprint density at radius 3 is 2.23 bits per heavy atom. The molecule has 3 atom stereocenters. The summed E-state index contributed by atoms with van der Waals surface area (Å²) in [7, 11) is -0.850. The summed E-state index contributed by atoms with van der Waals surface area (Å²) < 4.78 is 58.9. The van der Waals surface area contributed by atoms with E-state index in [2.05, 4.69) is 86.5 Å². The number of urea groups is 1. The van der Waals surface area contributed by atoms with Gasteiger partial charge < -0.3 is 38.5 Å². The Labute approximate surface area is 560 Å². The number of carbonyl (C=O) groups excluding carboxylic acids is 4. The van der Waals surface area contributed by atoms with Crippen LogP contribution in [0.15, 0.2) is 61.3 Å². The molecule has 5 amide bonds. The number of rotatable bonds is 18. The standard InChI is InChI=1S/C74H98F2N10O8Si/c1-14-74-26-21-55(86(74)71(90)94-72(10,11)12)43-84(45-74)67-59-40-77-65(58-39-56(93-46-91-13)37-53-17-18-60(75)57(63(53)58)23-36-95(47(2)3,48(4)5)49(6)7)64(76)66(59)79-69(80-67)92-44-50(8)41-81-32-34-82(35-33-81)42-52-19-24-73(25-20-52)27-30-83(31-28-73)68(88)54-16-15-51(9)61(38-54)85-29-22-62(87)78-70(85)89/h14-18,37-40,47-50,52,55H,1,19-22,24-35,41-46H2,2-13H3,(H,78,87,89)/t50-,55?,74?/m1/s1. The first-order valence-corrected chi connectivity index (χ1v) is 36.8. The van der Waals surface area contributed by atoms with Crippen molar-refractivity contribution in [3.05, 3.63) is 89.6 Å². The number of carbonyl (C=O) groups is 4. The lowest BCUT2D eigenvalue weighted by atomic mass is 9.65. The number of fused-ring (bicyclic) bond motifs is 4. The number of anilines is 2. The molecule has 510 valence electrons. The number of aromatic nitrogens is 3. The van der Waals surface area contributed by atoms with E-state index < -0.39 is 43.0 Å². The lowest BCUT2D eigenvalue weighted by Gasteiger charge is -2.48. The molecule has 6 aliphatic rings. The summed E-state index contributed by atoms with van der Waals surface area (Å²) in [5.74, 6) is 3.29. The topological polar surface area (TPSA) is 175 Å². The number of hydrogen-bond acceptors (Lipinski definition) is 14. The number of piperidine rings is 1. The molecule has 0 radical (unpaired) electrons. The van der Waals surface area contributed by atoms with Crippen molar-refractivity contribution in [3.8, 4) is 34.5 Å². The fraction of sp³-hybridized carbons (Fsp3) is 0.581. The molecule has 2 bridgehead atoms. The van der Waals surface area contributed by atoms with Gasteiger partial charge in [0.15, 0.2) is 12.6 Å². The zero-order valence-electron chi connectivity index (χ0n) is 58.0. The quantitative estimate of drug-likeness (QED) is 0.0379. The number of likely N-dealkylation sites (tertiary alicyclic amines) is 1. The third kappa shape index (κ3) is 14.3. The van der Waals surface area contributed by atoms with Crippen molar-refractivity contribution in [2.24, 2.45) is 17.3 Å². The van der Waals surface area contributed by atoms with Crippen LogP contribution in [-0.2, 0) is 14.3 Å². The van der Waals surface area contributed by atoms with Crippen molar-refractivity contribution in [1.82, 2.24) is 39.9 Å². The van der Waals surface area contributed by atoms with Crippen LogP contribution in [0.1, 0.15) is 149 Å². The number of amides is 5. The summed E-state index contributed by atoms with van der Waals surface area (Å²) in [6.45, 7) is 35.4. The minimum atomic E-state index is -2.37. The number of imide groups is 1. The Balaban J connectivity index is 0.787. The zero-order chi connectivity index (χ0) is 67.9. The van der Waals surface area contributed by atoms with E-state index in [0.717, 1.165) is 70.8 Å². The average molecular weight is 1320 g/mol. The third-order valence-electron chi connectivity index (χ3n) is 21.6. The molecule has 21 heteroatoms. The summed E-state index contributed by atoms with van der Waals surface area (Å²) in [4.78, 5) is 79.7. The zero-order valence-corrected chi connectivity index (χ0v) is 59.0. The molecule has 18 nitrogen and oxygen atoms in total. The van der Waals surface area contributed by atoms with E-state index >= 15 is 8.78 Å². The van der Waals surface area contributed by atoms with Crippen molar-refractivity contribution in [1.29, 1.82) is 0 Å². The molecule has 6 fully saturated rings. The number of hydrogen-bond donors (Lipinski definition) is 1. The molecular formula is C74H98F2N10O8Si. The molecule has 1 saturated carbocycles. The molecule has 5 aromatic rings. The first kappa shape index (κ1) is 69.1. The Morgan fingerprint density at radius 1 is 0.863 bits per heavy atom. The van der Waals surface area contributed by atoms with Crippen LogP contribution in [0.25, 0.3) is 32.9 Å². The largest absolute Gasteiger partial charge is 0.468 e. The van der Waals surface area contributed by atoms with Gasteiger partial charge in [-0.05, 0) is 148 Å². The molecule has 2 unspecified atom stereocenters. The van der Waals surface area contributed by atoms with Gasteiger partial charge in [-0.25, -0.2) is 18.4 Å². The molecule has 2 aromatic heterocycles. The van der Waals surface area contributed by atoms with Gasteiger partial charge in [-0.3, -0.25) is 29.7 Å². The molecule has 1 N–H and O–H groups in total. The smallest absolute Gasteiger partial charge is 0.411 e. The van der Waals surface area contributed by atoms with Crippen LogP contribution in [0.3, 0.4) is 0 Å². The Hall–Kier alpha value is -7.25. The number of halogens is 2. The lowest BCUT2D eigenvalue weighted by Crippen LogP contribution is -2.63. The van der Waals surface area contributed by atoms with Gasteiger partial charge in [0, 0.05) is 120 Å². The van der Waals surface area contributed by atoms with E-state index in [1.165, 1.54) is 38.9 Å². The van der Waals surface area contributed by atoms with Gasteiger partial charge in [-0.15, -0.1) is 12.1 Å². The normalized spacial score (nSPS) is 21.0. The monoisotopic (exact) mass is 1320 g/mol. The number of piperazine rings is 2. The van der Waals surface area contributed by atoms with Crippen LogP contribution in [0.2, 0.25) is 16.6 Å². The second-order valence-corrected chi connectivity index (χ2v) is 35.5. The van der Waals surface area contributed by atoms with E-state index in [-0.39, 0.29) is 101 Å². The number of pyridine rings is 1. The summed E-state index contributed by atoms with van der Waals surface area (Å²) in [5.41, 5.74) is 5.77. The average Bonchev–Trinajstić information content (AvgIpc) is 1.70. The number of benzene rings is 3. The van der Waals surface area contributed by atoms with Crippen molar-refractivity contribution in [2.75, 3.05) is 102 Å². The van der Waals surface area contributed by atoms with Crippen molar-refractivity contribution >= 4 is 65.2 Å². The summed E-state index contributed by atoms with van der Waals surface area (Å²) in [6, 6.07) is 11.3. The minimum Gasteiger partial charge on any atom is -0.468 e. The number of aryl methyl sites for hydroxylation is 1. The lowest BCUT2D eigenvalue weighted by molar-refractivity contribution is -0.120. The van der Waals surface area contributed by atoms with Crippen molar-refractivity contribution < 1.29 is 46.9 Å². The molecule has 5 saturated heterocycles. The second kappa shape index (κ2) is 28.1. The van der Waals surface area contributed by atoms with Gasteiger partial charge in [0.25, 0.3) is 5.91 Å².